The molecular weight excluding hydrogens is 308 g/mol. The molecule has 1 fully saturated rings. The molecule has 1 saturated heterocycles. The van der Waals surface area contributed by atoms with Gasteiger partial charge >= 0.3 is 6.03 Å². The Kier molecular flexibility index (Phi) is 5.23. The molecule has 0 aliphatic carbocycles. The van der Waals surface area contributed by atoms with Crippen molar-refractivity contribution >= 4 is 17.8 Å². The summed E-state index contributed by atoms with van der Waals surface area (Å²) in [5.74, 6) is 2.27. The smallest absolute Gasteiger partial charge is 0.315 e. The number of nitrogens with zero attached hydrogens (tertiary/aromatic N) is 2. The van der Waals surface area contributed by atoms with E-state index in [4.69, 9.17) is 0 Å². The van der Waals surface area contributed by atoms with Crippen molar-refractivity contribution in [1.82, 2.24) is 20.4 Å². The van der Waals surface area contributed by atoms with Crippen LogP contribution in [0.1, 0.15) is 31.4 Å². The van der Waals surface area contributed by atoms with E-state index in [1.807, 2.05) is 59.9 Å². The lowest BCUT2D eigenvalue weighted by Gasteiger charge is -2.24. The minimum atomic E-state index is -0.0782. The Hall–Kier alpha value is -1.95. The first-order valence-electron chi connectivity index (χ1n) is 7.97. The molecule has 0 bridgehead atoms. The number of thioether (sulfide) groups is 1. The molecule has 0 spiro atoms. The zero-order chi connectivity index (χ0) is 16.1. The first-order chi connectivity index (χ1) is 11.2. The van der Waals surface area contributed by atoms with Crippen molar-refractivity contribution in [2.75, 3.05) is 11.5 Å². The van der Waals surface area contributed by atoms with Crippen LogP contribution in [0.25, 0.3) is 5.69 Å². The summed E-state index contributed by atoms with van der Waals surface area (Å²) < 4.78 is 1.82. The Morgan fingerprint density at radius 3 is 2.70 bits per heavy atom. The molecule has 1 aliphatic rings. The topological polar surface area (TPSA) is 59.0 Å². The molecule has 3 rings (SSSR count). The van der Waals surface area contributed by atoms with Gasteiger partial charge in [0, 0.05) is 18.4 Å². The maximum absolute atomic E-state index is 12.1. The molecule has 1 aliphatic heterocycles. The molecule has 2 heterocycles. The van der Waals surface area contributed by atoms with E-state index in [1.165, 1.54) is 0 Å². The number of aromatic nitrogens is 2. The summed E-state index contributed by atoms with van der Waals surface area (Å²) in [6.45, 7) is 2.00. The number of benzene rings is 1. The second kappa shape index (κ2) is 7.55. The monoisotopic (exact) mass is 330 g/mol. The fourth-order valence-electron chi connectivity index (χ4n) is 2.69. The van der Waals surface area contributed by atoms with Gasteiger partial charge in [0.25, 0.3) is 0 Å². The number of hydrogen-bond donors (Lipinski definition) is 2. The number of hydrogen-bond acceptors (Lipinski definition) is 3. The van der Waals surface area contributed by atoms with Crippen molar-refractivity contribution in [2.45, 2.75) is 31.8 Å². The molecule has 5 nitrogen and oxygen atoms in total. The van der Waals surface area contributed by atoms with E-state index in [0.29, 0.717) is 6.04 Å². The average molecular weight is 330 g/mol. The highest BCUT2D eigenvalue weighted by Gasteiger charge is 2.17. The van der Waals surface area contributed by atoms with E-state index in [9.17, 15) is 4.79 Å². The minimum absolute atomic E-state index is 0.0281. The van der Waals surface area contributed by atoms with Crippen LogP contribution in [0, 0.1) is 0 Å². The second-order valence-electron chi connectivity index (χ2n) is 5.77. The van der Waals surface area contributed by atoms with Gasteiger partial charge in [-0.3, -0.25) is 0 Å². The van der Waals surface area contributed by atoms with Gasteiger partial charge in [-0.1, -0.05) is 12.1 Å². The molecule has 1 aromatic heterocycles. The molecule has 1 atom stereocenters. The number of amides is 2. The van der Waals surface area contributed by atoms with Gasteiger partial charge < -0.3 is 10.6 Å². The van der Waals surface area contributed by atoms with Crippen molar-refractivity contribution in [3.8, 4) is 5.69 Å². The largest absolute Gasteiger partial charge is 0.335 e. The third kappa shape index (κ3) is 4.28. The summed E-state index contributed by atoms with van der Waals surface area (Å²) in [6.07, 6.45) is 5.79. The zero-order valence-electron chi connectivity index (χ0n) is 13.2. The van der Waals surface area contributed by atoms with E-state index in [1.54, 1.807) is 6.20 Å². The summed E-state index contributed by atoms with van der Waals surface area (Å²) >= 11 is 1.96. The number of urea groups is 1. The number of carbonyl (C=O) groups excluding carboxylic acids is 1. The van der Waals surface area contributed by atoms with Crippen molar-refractivity contribution in [3.05, 3.63) is 48.3 Å². The van der Waals surface area contributed by atoms with Crippen LogP contribution in [0.5, 0.6) is 0 Å². The summed E-state index contributed by atoms with van der Waals surface area (Å²) in [7, 11) is 0. The predicted molar refractivity (Wildman–Crippen MR) is 94.0 cm³/mol. The Morgan fingerprint density at radius 1 is 1.30 bits per heavy atom. The molecule has 0 saturated carbocycles. The first kappa shape index (κ1) is 15.9. The molecule has 1 aromatic carbocycles. The molecule has 2 amide bonds. The zero-order valence-corrected chi connectivity index (χ0v) is 14.1. The summed E-state index contributed by atoms with van der Waals surface area (Å²) in [6, 6.07) is 10.2. The van der Waals surface area contributed by atoms with E-state index < -0.39 is 0 Å². The molecule has 23 heavy (non-hydrogen) atoms. The Balaban J connectivity index is 1.55. The first-order valence-corrected chi connectivity index (χ1v) is 9.12. The lowest BCUT2D eigenvalue weighted by molar-refractivity contribution is 0.233. The quantitative estimate of drug-likeness (QED) is 0.905. The molecule has 0 radical (unpaired) electrons. The fourth-order valence-corrected chi connectivity index (χ4v) is 3.79. The van der Waals surface area contributed by atoms with Crippen LogP contribution in [0.15, 0.2) is 42.7 Å². The molecule has 2 aromatic rings. The van der Waals surface area contributed by atoms with Crippen molar-refractivity contribution < 1.29 is 4.79 Å². The van der Waals surface area contributed by atoms with Gasteiger partial charge in [0.05, 0.1) is 11.7 Å². The average Bonchev–Trinajstić information content (AvgIpc) is 3.10. The lowest BCUT2D eigenvalue weighted by Crippen LogP contribution is -2.44. The molecule has 6 heteroatoms. The minimum Gasteiger partial charge on any atom is -0.335 e. The van der Waals surface area contributed by atoms with Gasteiger partial charge in [-0.15, -0.1) is 0 Å². The molecule has 2 N–H and O–H groups in total. The Bertz CT molecular complexity index is 621. The molecular formula is C17H22N4OS. The fraction of sp³-hybridized carbons (Fsp3) is 0.412. The lowest BCUT2D eigenvalue weighted by atomic mass is 10.1. The van der Waals surface area contributed by atoms with Crippen LogP contribution >= 0.6 is 11.8 Å². The number of rotatable bonds is 4. The maximum atomic E-state index is 12.1. The maximum Gasteiger partial charge on any atom is 0.315 e. The third-order valence-corrected chi connectivity index (χ3v) is 5.11. The van der Waals surface area contributed by atoms with Crippen molar-refractivity contribution in [2.24, 2.45) is 0 Å². The van der Waals surface area contributed by atoms with E-state index in [-0.39, 0.29) is 12.1 Å². The van der Waals surface area contributed by atoms with Crippen LogP contribution in [-0.2, 0) is 0 Å². The van der Waals surface area contributed by atoms with Gasteiger partial charge in [0.2, 0.25) is 0 Å². The normalized spacial score (nSPS) is 16.7. The van der Waals surface area contributed by atoms with Gasteiger partial charge in [-0.05, 0) is 55.0 Å². The molecule has 0 unspecified atom stereocenters. The molecule has 122 valence electrons. The van der Waals surface area contributed by atoms with E-state index in [2.05, 4.69) is 15.7 Å². The second-order valence-corrected chi connectivity index (χ2v) is 6.99. The van der Waals surface area contributed by atoms with Gasteiger partial charge in [-0.2, -0.15) is 16.9 Å². The Morgan fingerprint density at radius 2 is 2.04 bits per heavy atom. The van der Waals surface area contributed by atoms with Gasteiger partial charge in [-0.25, -0.2) is 9.48 Å². The highest BCUT2D eigenvalue weighted by Crippen LogP contribution is 2.18. The SMILES string of the molecule is C[C@H](NC(=O)NC1CCSCC1)c1ccc(-n2cccn2)cc1. The predicted octanol–water partition coefficient (Wildman–Crippen LogP) is 3.13. The van der Waals surface area contributed by atoms with Crippen molar-refractivity contribution in [3.63, 3.8) is 0 Å². The van der Waals surface area contributed by atoms with Crippen LogP contribution in [0.4, 0.5) is 4.79 Å². The highest BCUT2D eigenvalue weighted by atomic mass is 32.2. The highest BCUT2D eigenvalue weighted by molar-refractivity contribution is 7.99. The number of carbonyl (C=O) groups is 1. The third-order valence-electron chi connectivity index (χ3n) is 4.07. The number of nitrogens with one attached hydrogen (secondary N) is 2. The summed E-state index contributed by atoms with van der Waals surface area (Å²) in [5.41, 5.74) is 2.09. The Labute approximate surface area is 140 Å². The summed E-state index contributed by atoms with van der Waals surface area (Å²) in [5, 5.41) is 10.3. The van der Waals surface area contributed by atoms with Gasteiger partial charge in [0.15, 0.2) is 0 Å². The van der Waals surface area contributed by atoms with Crippen LogP contribution < -0.4 is 10.6 Å². The van der Waals surface area contributed by atoms with Gasteiger partial charge in [0.1, 0.15) is 0 Å². The van der Waals surface area contributed by atoms with E-state index >= 15 is 0 Å². The van der Waals surface area contributed by atoms with Crippen molar-refractivity contribution in [1.29, 1.82) is 0 Å². The van der Waals surface area contributed by atoms with E-state index in [0.717, 1.165) is 35.6 Å². The van der Waals surface area contributed by atoms with Crippen LogP contribution in [0.3, 0.4) is 0 Å². The standard InChI is InChI=1S/C17H22N4OS/c1-13(19-17(22)20-15-7-11-23-12-8-15)14-3-5-16(6-4-14)21-10-2-9-18-21/h2-6,9-10,13,15H,7-8,11-12H2,1H3,(H2,19,20,22)/t13-/m0/s1. The van der Waals surface area contributed by atoms with Crippen LogP contribution in [-0.4, -0.2) is 33.4 Å². The summed E-state index contributed by atoms with van der Waals surface area (Å²) in [4.78, 5) is 12.1. The van der Waals surface area contributed by atoms with Crippen LogP contribution in [0.2, 0.25) is 0 Å².